The van der Waals surface area contributed by atoms with E-state index in [1.54, 1.807) is 0 Å². The van der Waals surface area contributed by atoms with Gasteiger partial charge in [0.1, 0.15) is 0 Å². The smallest absolute Gasteiger partial charge is 0.311 e. The molecular weight excluding hydrogens is 176 g/mol. The molecule has 0 spiro atoms. The Morgan fingerprint density at radius 1 is 1.29 bits per heavy atom. The first-order valence-corrected chi connectivity index (χ1v) is 5.83. The molecule has 1 fully saturated rings. The second kappa shape index (κ2) is 5.38. The summed E-state index contributed by atoms with van der Waals surface area (Å²) in [6, 6.07) is 0. The van der Waals surface area contributed by atoms with Crippen LogP contribution in [-0.2, 0) is 9.53 Å². The fraction of sp³-hybridized carbons (Fsp3) is 0.917. The van der Waals surface area contributed by atoms with Crippen molar-refractivity contribution in [1.29, 1.82) is 0 Å². The van der Waals surface area contributed by atoms with Gasteiger partial charge in [-0.3, -0.25) is 4.79 Å². The van der Waals surface area contributed by atoms with Gasteiger partial charge in [-0.1, -0.05) is 39.0 Å². The quantitative estimate of drug-likeness (QED) is 0.648. The highest BCUT2D eigenvalue weighted by molar-refractivity contribution is 5.76. The van der Waals surface area contributed by atoms with Crippen LogP contribution in [-0.4, -0.2) is 13.1 Å². The van der Waals surface area contributed by atoms with Crippen molar-refractivity contribution in [1.82, 2.24) is 0 Å². The number of methoxy groups -OCH3 is 1. The molecule has 0 aromatic rings. The summed E-state index contributed by atoms with van der Waals surface area (Å²) in [5.74, 6) is 0.0330. The van der Waals surface area contributed by atoms with E-state index in [-0.39, 0.29) is 11.4 Å². The van der Waals surface area contributed by atoms with Crippen LogP contribution in [0.5, 0.6) is 0 Å². The molecule has 14 heavy (non-hydrogen) atoms. The maximum atomic E-state index is 11.8. The summed E-state index contributed by atoms with van der Waals surface area (Å²) in [4.78, 5) is 11.8. The molecule has 82 valence electrons. The van der Waals surface area contributed by atoms with Gasteiger partial charge in [-0.15, -0.1) is 0 Å². The number of unbranched alkanes of at least 4 members (excludes halogenated alkanes) is 1. The number of hydrogen-bond donors (Lipinski definition) is 0. The Bertz CT molecular complexity index is 181. The van der Waals surface area contributed by atoms with Crippen LogP contribution in [0.15, 0.2) is 0 Å². The highest BCUT2D eigenvalue weighted by Crippen LogP contribution is 2.41. The van der Waals surface area contributed by atoms with E-state index in [1.165, 1.54) is 32.8 Å². The third kappa shape index (κ3) is 2.49. The maximum absolute atomic E-state index is 11.8. The summed E-state index contributed by atoms with van der Waals surface area (Å²) in [6.07, 6.45) is 9.09. The average molecular weight is 198 g/mol. The van der Waals surface area contributed by atoms with Crippen LogP contribution in [0.4, 0.5) is 0 Å². The number of carbonyl (C=O) groups excluding carboxylic acids is 1. The van der Waals surface area contributed by atoms with Crippen LogP contribution in [0.3, 0.4) is 0 Å². The van der Waals surface area contributed by atoms with Crippen molar-refractivity contribution in [3.05, 3.63) is 0 Å². The van der Waals surface area contributed by atoms with Gasteiger partial charge in [0.05, 0.1) is 12.5 Å². The van der Waals surface area contributed by atoms with E-state index in [9.17, 15) is 4.79 Å². The molecule has 0 N–H and O–H groups in total. The Labute approximate surface area is 87.0 Å². The predicted octanol–water partition coefficient (Wildman–Crippen LogP) is 3.30. The van der Waals surface area contributed by atoms with E-state index in [2.05, 4.69) is 6.92 Å². The Hall–Kier alpha value is -0.530. The first kappa shape index (κ1) is 11.5. The Balaban J connectivity index is 2.61. The molecule has 1 aliphatic carbocycles. The lowest BCUT2D eigenvalue weighted by Crippen LogP contribution is -2.34. The molecule has 0 amide bonds. The predicted molar refractivity (Wildman–Crippen MR) is 57.1 cm³/mol. The molecule has 0 radical (unpaired) electrons. The lowest BCUT2D eigenvalue weighted by Gasteiger charge is -2.34. The van der Waals surface area contributed by atoms with Gasteiger partial charge in [0.25, 0.3) is 0 Å². The van der Waals surface area contributed by atoms with Crippen molar-refractivity contribution in [2.75, 3.05) is 7.11 Å². The van der Waals surface area contributed by atoms with Crippen molar-refractivity contribution in [2.24, 2.45) is 5.41 Å². The number of rotatable bonds is 4. The summed E-state index contributed by atoms with van der Waals surface area (Å²) < 4.78 is 4.95. The molecular formula is C12H22O2. The minimum atomic E-state index is -0.122. The first-order chi connectivity index (χ1) is 6.75. The Kier molecular flexibility index (Phi) is 4.43. The maximum Gasteiger partial charge on any atom is 0.311 e. The van der Waals surface area contributed by atoms with Crippen LogP contribution < -0.4 is 0 Å². The van der Waals surface area contributed by atoms with Crippen molar-refractivity contribution >= 4 is 5.97 Å². The summed E-state index contributed by atoms with van der Waals surface area (Å²) >= 11 is 0. The zero-order chi connectivity index (χ0) is 10.4. The average Bonchev–Trinajstić information content (AvgIpc) is 2.26. The van der Waals surface area contributed by atoms with Crippen LogP contribution in [0.1, 0.15) is 58.3 Å². The first-order valence-electron chi connectivity index (χ1n) is 5.83. The second-order valence-corrected chi connectivity index (χ2v) is 4.44. The molecule has 1 aliphatic rings. The largest absolute Gasteiger partial charge is 0.469 e. The fourth-order valence-corrected chi connectivity index (χ4v) is 2.52. The Morgan fingerprint density at radius 2 is 1.93 bits per heavy atom. The lowest BCUT2D eigenvalue weighted by atomic mass is 9.71. The molecule has 0 aliphatic heterocycles. The lowest BCUT2D eigenvalue weighted by molar-refractivity contribution is -0.155. The van der Waals surface area contributed by atoms with Gasteiger partial charge in [-0.05, 0) is 19.3 Å². The molecule has 2 nitrogen and oxygen atoms in total. The standard InChI is InChI=1S/C12H22O2/c1-3-4-8-12(11(13)14-2)9-6-5-7-10-12/h3-10H2,1-2H3. The molecule has 0 aromatic carbocycles. The van der Waals surface area contributed by atoms with Crippen molar-refractivity contribution < 1.29 is 9.53 Å². The molecule has 0 aromatic heterocycles. The van der Waals surface area contributed by atoms with Crippen LogP contribution >= 0.6 is 0 Å². The minimum Gasteiger partial charge on any atom is -0.469 e. The summed E-state index contributed by atoms with van der Waals surface area (Å²) in [6.45, 7) is 2.17. The van der Waals surface area contributed by atoms with E-state index in [0.717, 1.165) is 25.7 Å². The van der Waals surface area contributed by atoms with Gasteiger partial charge >= 0.3 is 5.97 Å². The zero-order valence-electron chi connectivity index (χ0n) is 9.47. The fourth-order valence-electron chi connectivity index (χ4n) is 2.52. The molecule has 0 unspecified atom stereocenters. The number of ether oxygens (including phenoxy) is 1. The summed E-state index contributed by atoms with van der Waals surface area (Å²) in [7, 11) is 1.52. The second-order valence-electron chi connectivity index (χ2n) is 4.44. The van der Waals surface area contributed by atoms with Crippen molar-refractivity contribution in [2.45, 2.75) is 58.3 Å². The molecule has 2 heteroatoms. The highest BCUT2D eigenvalue weighted by Gasteiger charge is 2.39. The zero-order valence-corrected chi connectivity index (χ0v) is 9.47. The van der Waals surface area contributed by atoms with Crippen LogP contribution in [0.2, 0.25) is 0 Å². The minimum absolute atomic E-state index is 0.0330. The van der Waals surface area contributed by atoms with Gasteiger partial charge in [-0.25, -0.2) is 0 Å². The van der Waals surface area contributed by atoms with Gasteiger partial charge in [0.15, 0.2) is 0 Å². The van der Waals surface area contributed by atoms with E-state index >= 15 is 0 Å². The summed E-state index contributed by atoms with van der Waals surface area (Å²) in [5, 5.41) is 0. The third-order valence-electron chi connectivity index (χ3n) is 3.44. The van der Waals surface area contributed by atoms with E-state index in [0.29, 0.717) is 0 Å². The SMILES string of the molecule is CCCCC1(C(=O)OC)CCCCC1. The molecule has 0 heterocycles. The topological polar surface area (TPSA) is 26.3 Å². The molecule has 0 bridgehead atoms. The monoisotopic (exact) mass is 198 g/mol. The number of hydrogen-bond acceptors (Lipinski definition) is 2. The van der Waals surface area contributed by atoms with Gasteiger partial charge in [0, 0.05) is 0 Å². The normalized spacial score (nSPS) is 20.4. The molecule has 1 saturated carbocycles. The van der Waals surface area contributed by atoms with Crippen molar-refractivity contribution in [3.8, 4) is 0 Å². The van der Waals surface area contributed by atoms with E-state index in [1.807, 2.05) is 0 Å². The van der Waals surface area contributed by atoms with Crippen LogP contribution in [0, 0.1) is 5.41 Å². The number of carbonyl (C=O) groups is 1. The number of esters is 1. The van der Waals surface area contributed by atoms with E-state index in [4.69, 9.17) is 4.74 Å². The summed E-state index contributed by atoms with van der Waals surface area (Å²) in [5.41, 5.74) is -0.122. The van der Waals surface area contributed by atoms with Crippen LogP contribution in [0.25, 0.3) is 0 Å². The van der Waals surface area contributed by atoms with Crippen molar-refractivity contribution in [3.63, 3.8) is 0 Å². The van der Waals surface area contributed by atoms with Gasteiger partial charge < -0.3 is 4.74 Å². The third-order valence-corrected chi connectivity index (χ3v) is 3.44. The van der Waals surface area contributed by atoms with Gasteiger partial charge in [0.2, 0.25) is 0 Å². The van der Waals surface area contributed by atoms with Gasteiger partial charge in [-0.2, -0.15) is 0 Å². The molecule has 1 rings (SSSR count). The molecule has 0 saturated heterocycles. The van der Waals surface area contributed by atoms with E-state index < -0.39 is 0 Å². The Morgan fingerprint density at radius 3 is 2.43 bits per heavy atom. The molecule has 0 atom stereocenters. The highest BCUT2D eigenvalue weighted by atomic mass is 16.5.